The Morgan fingerprint density at radius 3 is 3.00 bits per heavy atom. The minimum atomic E-state index is -1.02. The van der Waals surface area contributed by atoms with Crippen LogP contribution in [0.15, 0.2) is 6.20 Å². The molecule has 0 bridgehead atoms. The van der Waals surface area contributed by atoms with Gasteiger partial charge in [-0.2, -0.15) is 0 Å². The van der Waals surface area contributed by atoms with Crippen molar-refractivity contribution in [2.75, 3.05) is 20.1 Å². The molecule has 0 spiro atoms. The highest BCUT2D eigenvalue weighted by atomic mass is 16.4. The number of amides is 1. The molecule has 98 valence electrons. The van der Waals surface area contributed by atoms with Crippen LogP contribution in [0.3, 0.4) is 0 Å². The van der Waals surface area contributed by atoms with Crippen LogP contribution in [-0.2, 0) is 11.3 Å². The Labute approximate surface area is 104 Å². The minimum absolute atomic E-state index is 0.118. The van der Waals surface area contributed by atoms with Crippen molar-refractivity contribution in [1.82, 2.24) is 25.2 Å². The van der Waals surface area contributed by atoms with Crippen LogP contribution in [0.1, 0.15) is 16.9 Å². The van der Waals surface area contributed by atoms with E-state index >= 15 is 0 Å². The lowest BCUT2D eigenvalue weighted by molar-refractivity contribution is -0.137. The lowest BCUT2D eigenvalue weighted by atomic mass is 10.2. The normalized spacial score (nSPS) is 19.9. The molecule has 0 aromatic carbocycles. The molecule has 0 saturated carbocycles. The van der Waals surface area contributed by atoms with Gasteiger partial charge >= 0.3 is 5.97 Å². The maximum absolute atomic E-state index is 11.8. The lowest BCUT2D eigenvalue weighted by Crippen LogP contribution is -2.36. The number of nitrogens with zero attached hydrogens (tertiary/aromatic N) is 4. The number of likely N-dealkylation sites (N-methyl/N-ethyl adjacent to an activating group) is 1. The fourth-order valence-corrected chi connectivity index (χ4v) is 1.93. The quantitative estimate of drug-likeness (QED) is 0.699. The number of carboxylic acid groups (broad SMARTS) is 1. The largest absolute Gasteiger partial charge is 0.480 e. The molecule has 1 aliphatic rings. The topological polar surface area (TPSA) is 100 Å². The summed E-state index contributed by atoms with van der Waals surface area (Å²) in [5.41, 5.74) is 0.144. The first kappa shape index (κ1) is 12.5. The van der Waals surface area contributed by atoms with Crippen LogP contribution in [-0.4, -0.2) is 63.1 Å². The standard InChI is InChI=1S/C10H15N5O3/c1-14-3-2-7(4-14)11-10(18)8-5-15(13-12-8)6-9(16)17/h5,7H,2-4,6H2,1H3,(H,11,18)(H,16,17). The summed E-state index contributed by atoms with van der Waals surface area (Å²) >= 11 is 0. The molecule has 1 aromatic heterocycles. The minimum Gasteiger partial charge on any atom is -0.480 e. The number of carbonyl (C=O) groups is 2. The number of aliphatic carboxylic acids is 1. The summed E-state index contributed by atoms with van der Waals surface area (Å²) in [4.78, 5) is 24.4. The molecule has 1 unspecified atom stereocenters. The van der Waals surface area contributed by atoms with Gasteiger partial charge in [-0.3, -0.25) is 9.59 Å². The van der Waals surface area contributed by atoms with Gasteiger partial charge in [0.05, 0.1) is 6.20 Å². The van der Waals surface area contributed by atoms with Gasteiger partial charge < -0.3 is 15.3 Å². The van der Waals surface area contributed by atoms with Crippen molar-refractivity contribution in [2.45, 2.75) is 19.0 Å². The summed E-state index contributed by atoms with van der Waals surface area (Å²) in [6.07, 6.45) is 2.24. The molecule has 2 heterocycles. The average molecular weight is 253 g/mol. The van der Waals surface area contributed by atoms with Crippen LogP contribution in [0.25, 0.3) is 0 Å². The predicted octanol–water partition coefficient (Wildman–Crippen LogP) is -1.20. The number of hydrogen-bond donors (Lipinski definition) is 2. The predicted molar refractivity (Wildman–Crippen MR) is 61.0 cm³/mol. The molecule has 2 rings (SSSR count). The van der Waals surface area contributed by atoms with Crippen LogP contribution in [0, 0.1) is 0 Å². The Hall–Kier alpha value is -1.96. The van der Waals surface area contributed by atoms with E-state index in [1.165, 1.54) is 6.20 Å². The third kappa shape index (κ3) is 3.04. The maximum Gasteiger partial charge on any atom is 0.325 e. The Morgan fingerprint density at radius 2 is 2.39 bits per heavy atom. The number of likely N-dealkylation sites (tertiary alicyclic amines) is 1. The van der Waals surface area contributed by atoms with Gasteiger partial charge in [0.25, 0.3) is 5.91 Å². The number of aromatic nitrogens is 3. The first-order chi connectivity index (χ1) is 8.54. The summed E-state index contributed by atoms with van der Waals surface area (Å²) in [5, 5.41) is 18.7. The average Bonchev–Trinajstić information content (AvgIpc) is 2.87. The Morgan fingerprint density at radius 1 is 1.61 bits per heavy atom. The summed E-state index contributed by atoms with van der Waals surface area (Å²) < 4.78 is 1.12. The highest BCUT2D eigenvalue weighted by molar-refractivity contribution is 5.92. The summed E-state index contributed by atoms with van der Waals surface area (Å²) in [6.45, 7) is 1.47. The van der Waals surface area contributed by atoms with Gasteiger partial charge in [-0.05, 0) is 20.0 Å². The fourth-order valence-electron chi connectivity index (χ4n) is 1.93. The molecule has 8 heteroatoms. The second-order valence-corrected chi connectivity index (χ2v) is 4.42. The van der Waals surface area contributed by atoms with Crippen LogP contribution >= 0.6 is 0 Å². The summed E-state index contributed by atoms with van der Waals surface area (Å²) in [7, 11) is 2.00. The first-order valence-corrected chi connectivity index (χ1v) is 5.66. The number of carboxylic acids is 1. The zero-order chi connectivity index (χ0) is 13.1. The van der Waals surface area contributed by atoms with Crippen LogP contribution in [0.5, 0.6) is 0 Å². The molecule has 1 atom stereocenters. The number of nitrogens with one attached hydrogen (secondary N) is 1. The molecule has 8 nitrogen and oxygen atoms in total. The molecular weight excluding hydrogens is 238 g/mol. The van der Waals surface area contributed by atoms with Crippen molar-refractivity contribution in [3.63, 3.8) is 0 Å². The zero-order valence-electron chi connectivity index (χ0n) is 10.0. The van der Waals surface area contributed by atoms with Crippen molar-refractivity contribution in [2.24, 2.45) is 0 Å². The monoisotopic (exact) mass is 253 g/mol. The Bertz CT molecular complexity index is 458. The molecule has 1 aromatic rings. The molecule has 2 N–H and O–H groups in total. The van der Waals surface area contributed by atoms with E-state index in [1.54, 1.807) is 0 Å². The number of rotatable bonds is 4. The van der Waals surface area contributed by atoms with E-state index in [0.717, 1.165) is 24.2 Å². The van der Waals surface area contributed by atoms with Crippen molar-refractivity contribution < 1.29 is 14.7 Å². The van der Waals surface area contributed by atoms with Gasteiger partial charge in [0.1, 0.15) is 6.54 Å². The molecule has 1 fully saturated rings. The van der Waals surface area contributed by atoms with E-state index in [9.17, 15) is 9.59 Å². The van der Waals surface area contributed by atoms with E-state index in [4.69, 9.17) is 5.11 Å². The van der Waals surface area contributed by atoms with E-state index in [-0.39, 0.29) is 24.2 Å². The summed E-state index contributed by atoms with van der Waals surface area (Å²) in [6, 6.07) is 0.118. The highest BCUT2D eigenvalue weighted by Crippen LogP contribution is 2.06. The summed E-state index contributed by atoms with van der Waals surface area (Å²) in [5.74, 6) is -1.34. The van der Waals surface area contributed by atoms with Crippen LogP contribution < -0.4 is 5.32 Å². The second-order valence-electron chi connectivity index (χ2n) is 4.42. The van der Waals surface area contributed by atoms with Crippen molar-refractivity contribution in [3.05, 3.63) is 11.9 Å². The van der Waals surface area contributed by atoms with Gasteiger partial charge in [0.15, 0.2) is 5.69 Å². The van der Waals surface area contributed by atoms with Crippen molar-refractivity contribution in [1.29, 1.82) is 0 Å². The second kappa shape index (κ2) is 5.13. The van der Waals surface area contributed by atoms with E-state index in [1.807, 2.05) is 7.05 Å². The molecular formula is C10H15N5O3. The first-order valence-electron chi connectivity index (χ1n) is 5.66. The molecule has 1 amide bonds. The molecule has 1 aliphatic heterocycles. The van der Waals surface area contributed by atoms with Crippen molar-refractivity contribution >= 4 is 11.9 Å². The number of carbonyl (C=O) groups excluding carboxylic acids is 1. The van der Waals surface area contributed by atoms with Crippen LogP contribution in [0.2, 0.25) is 0 Å². The number of hydrogen-bond acceptors (Lipinski definition) is 5. The van der Waals surface area contributed by atoms with E-state index in [2.05, 4.69) is 20.5 Å². The van der Waals surface area contributed by atoms with E-state index in [0.29, 0.717) is 0 Å². The fraction of sp³-hybridized carbons (Fsp3) is 0.600. The van der Waals surface area contributed by atoms with E-state index < -0.39 is 5.97 Å². The third-order valence-corrected chi connectivity index (χ3v) is 2.80. The maximum atomic E-state index is 11.8. The highest BCUT2D eigenvalue weighted by Gasteiger charge is 2.22. The third-order valence-electron chi connectivity index (χ3n) is 2.80. The zero-order valence-corrected chi connectivity index (χ0v) is 10.0. The Balaban J connectivity index is 1.92. The van der Waals surface area contributed by atoms with Gasteiger partial charge in [0, 0.05) is 12.6 Å². The SMILES string of the molecule is CN1CCC(NC(=O)c2cn(CC(=O)O)nn2)C1. The van der Waals surface area contributed by atoms with Gasteiger partial charge in [0.2, 0.25) is 0 Å². The molecule has 0 aliphatic carbocycles. The molecule has 1 saturated heterocycles. The van der Waals surface area contributed by atoms with Gasteiger partial charge in [-0.15, -0.1) is 5.10 Å². The molecule has 18 heavy (non-hydrogen) atoms. The van der Waals surface area contributed by atoms with Gasteiger partial charge in [-0.25, -0.2) is 4.68 Å². The Kier molecular flexibility index (Phi) is 3.56. The molecule has 0 radical (unpaired) electrons. The van der Waals surface area contributed by atoms with Gasteiger partial charge in [-0.1, -0.05) is 5.21 Å². The van der Waals surface area contributed by atoms with Crippen LogP contribution in [0.4, 0.5) is 0 Å². The van der Waals surface area contributed by atoms with Crippen molar-refractivity contribution in [3.8, 4) is 0 Å². The smallest absolute Gasteiger partial charge is 0.325 e. The lowest BCUT2D eigenvalue weighted by Gasteiger charge is -2.11.